The van der Waals surface area contributed by atoms with Crippen LogP contribution in [0.1, 0.15) is 15.5 Å². The molecule has 1 amide bonds. The highest BCUT2D eigenvalue weighted by molar-refractivity contribution is 9.11. The van der Waals surface area contributed by atoms with Crippen molar-refractivity contribution in [3.8, 4) is 0 Å². The topological polar surface area (TPSA) is 67.8 Å². The number of aryl methyl sites for hydroxylation is 1. The van der Waals surface area contributed by atoms with Crippen LogP contribution in [0.15, 0.2) is 20.8 Å². The van der Waals surface area contributed by atoms with Crippen LogP contribution in [0.2, 0.25) is 0 Å². The number of hydrogen-bond acceptors (Lipinski definition) is 5. The Bertz CT molecular complexity index is 572. The summed E-state index contributed by atoms with van der Waals surface area (Å²) in [6.07, 6.45) is 1.51. The van der Waals surface area contributed by atoms with Gasteiger partial charge in [-0.25, -0.2) is 15.0 Å². The van der Waals surface area contributed by atoms with Gasteiger partial charge in [0.1, 0.15) is 14.9 Å². The molecule has 0 saturated carbocycles. The van der Waals surface area contributed by atoms with Gasteiger partial charge in [-0.15, -0.1) is 11.3 Å². The quantitative estimate of drug-likeness (QED) is 0.873. The summed E-state index contributed by atoms with van der Waals surface area (Å²) in [6, 6.07) is 0. The molecule has 17 heavy (non-hydrogen) atoms. The highest BCUT2D eigenvalue weighted by Crippen LogP contribution is 2.20. The first-order chi connectivity index (χ1) is 8.06. The normalized spacial score (nSPS) is 10.3. The minimum Gasteiger partial charge on any atom is -0.303 e. The lowest BCUT2D eigenvalue weighted by Gasteiger charge is -2.03. The number of carbonyl (C=O) groups is 1. The molecular formula is C9H6Br2N4OS. The summed E-state index contributed by atoms with van der Waals surface area (Å²) >= 11 is 7.82. The molecule has 0 aliphatic rings. The first-order valence-corrected chi connectivity index (χ1v) is 6.94. The molecule has 0 fully saturated rings. The highest BCUT2D eigenvalue weighted by atomic mass is 79.9. The third kappa shape index (κ3) is 3.08. The van der Waals surface area contributed by atoms with Crippen molar-refractivity contribution >= 4 is 54.9 Å². The summed E-state index contributed by atoms with van der Waals surface area (Å²) in [6.45, 7) is 1.84. The van der Waals surface area contributed by atoms with E-state index in [1.807, 2.05) is 6.92 Å². The number of rotatable bonds is 2. The summed E-state index contributed by atoms with van der Waals surface area (Å²) in [4.78, 5) is 24.0. The van der Waals surface area contributed by atoms with Crippen LogP contribution in [0.25, 0.3) is 0 Å². The van der Waals surface area contributed by atoms with Gasteiger partial charge in [0.25, 0.3) is 5.91 Å². The van der Waals surface area contributed by atoms with Crippen molar-refractivity contribution in [1.82, 2.24) is 15.0 Å². The predicted molar refractivity (Wildman–Crippen MR) is 72.2 cm³/mol. The minimum atomic E-state index is -0.299. The molecule has 0 aromatic carbocycles. The third-order valence-corrected chi connectivity index (χ3v) is 3.49. The fourth-order valence-electron chi connectivity index (χ4n) is 1.07. The second kappa shape index (κ2) is 5.19. The van der Waals surface area contributed by atoms with Crippen molar-refractivity contribution < 1.29 is 4.79 Å². The average Bonchev–Trinajstić information content (AvgIpc) is 2.69. The van der Waals surface area contributed by atoms with Crippen molar-refractivity contribution in [3.05, 3.63) is 31.5 Å². The maximum atomic E-state index is 11.8. The minimum absolute atomic E-state index is 0.299. The van der Waals surface area contributed by atoms with Gasteiger partial charge in [0, 0.05) is 5.38 Å². The molecule has 0 unspecified atom stereocenters. The molecule has 0 saturated heterocycles. The van der Waals surface area contributed by atoms with Crippen molar-refractivity contribution in [2.24, 2.45) is 0 Å². The van der Waals surface area contributed by atoms with E-state index in [9.17, 15) is 4.79 Å². The number of hydrogen-bond donors (Lipinski definition) is 1. The molecule has 88 valence electrons. The first kappa shape index (κ1) is 12.6. The van der Waals surface area contributed by atoms with Gasteiger partial charge in [-0.2, -0.15) is 0 Å². The van der Waals surface area contributed by atoms with Crippen LogP contribution in [-0.2, 0) is 0 Å². The maximum Gasteiger partial charge on any atom is 0.276 e. The molecule has 0 aliphatic heterocycles. The fraction of sp³-hybridized carbons (Fsp3) is 0.111. The highest BCUT2D eigenvalue weighted by Gasteiger charge is 2.12. The van der Waals surface area contributed by atoms with E-state index < -0.39 is 0 Å². The number of amides is 1. The molecule has 0 bridgehead atoms. The van der Waals surface area contributed by atoms with Crippen molar-refractivity contribution in [2.75, 3.05) is 5.32 Å². The van der Waals surface area contributed by atoms with Crippen LogP contribution in [0.4, 0.5) is 5.82 Å². The van der Waals surface area contributed by atoms with Crippen LogP contribution in [-0.4, -0.2) is 20.9 Å². The number of thiazole rings is 1. The number of nitrogens with one attached hydrogen (secondary N) is 1. The molecule has 1 N–H and O–H groups in total. The standard InChI is InChI=1S/C9H6Br2N4OS/c1-4-13-5(3-17-4)9(16)15-8-7(11)14-6(10)2-12-8/h2-3H,1H3,(H,12,15,16). The van der Waals surface area contributed by atoms with Crippen molar-refractivity contribution in [3.63, 3.8) is 0 Å². The van der Waals surface area contributed by atoms with E-state index in [-0.39, 0.29) is 5.91 Å². The van der Waals surface area contributed by atoms with E-state index in [4.69, 9.17) is 0 Å². The van der Waals surface area contributed by atoms with E-state index in [0.29, 0.717) is 20.7 Å². The molecule has 2 aromatic rings. The molecule has 0 atom stereocenters. The molecule has 2 aromatic heterocycles. The van der Waals surface area contributed by atoms with Crippen LogP contribution in [0.5, 0.6) is 0 Å². The van der Waals surface area contributed by atoms with Crippen LogP contribution in [0.3, 0.4) is 0 Å². The van der Waals surface area contributed by atoms with Gasteiger partial charge >= 0.3 is 0 Å². The summed E-state index contributed by atoms with van der Waals surface area (Å²) in [5.74, 6) is 0.0653. The third-order valence-electron chi connectivity index (χ3n) is 1.78. The molecule has 8 heteroatoms. The lowest BCUT2D eigenvalue weighted by molar-refractivity contribution is 0.102. The lowest BCUT2D eigenvalue weighted by Crippen LogP contribution is -2.14. The molecule has 0 spiro atoms. The Morgan fingerprint density at radius 2 is 2.18 bits per heavy atom. The maximum absolute atomic E-state index is 11.8. The molecule has 0 radical (unpaired) electrons. The van der Waals surface area contributed by atoms with E-state index in [1.165, 1.54) is 17.5 Å². The van der Waals surface area contributed by atoms with E-state index in [1.54, 1.807) is 5.38 Å². The van der Waals surface area contributed by atoms with Crippen LogP contribution < -0.4 is 5.32 Å². The van der Waals surface area contributed by atoms with Gasteiger partial charge in [0.05, 0.1) is 11.2 Å². The zero-order chi connectivity index (χ0) is 12.4. The van der Waals surface area contributed by atoms with Gasteiger partial charge in [0.15, 0.2) is 5.82 Å². The summed E-state index contributed by atoms with van der Waals surface area (Å²) in [5.41, 5.74) is 0.379. The van der Waals surface area contributed by atoms with Gasteiger partial charge in [-0.3, -0.25) is 4.79 Å². The number of aromatic nitrogens is 3. The van der Waals surface area contributed by atoms with E-state index in [2.05, 4.69) is 52.1 Å². The molecule has 0 aliphatic carbocycles. The molecule has 2 rings (SSSR count). The molecule has 2 heterocycles. The second-order valence-corrected chi connectivity index (χ2v) is 5.66. The predicted octanol–water partition coefficient (Wildman–Crippen LogP) is 3.02. The van der Waals surface area contributed by atoms with Crippen LogP contribution >= 0.6 is 43.2 Å². The molecule has 5 nitrogen and oxygen atoms in total. The Morgan fingerprint density at radius 3 is 2.76 bits per heavy atom. The smallest absolute Gasteiger partial charge is 0.276 e. The zero-order valence-corrected chi connectivity index (χ0v) is 12.6. The fourth-order valence-corrected chi connectivity index (χ4v) is 2.57. The zero-order valence-electron chi connectivity index (χ0n) is 8.57. The SMILES string of the molecule is Cc1nc(C(=O)Nc2ncc(Br)nc2Br)cs1. The Balaban J connectivity index is 2.18. The Morgan fingerprint density at radius 1 is 1.41 bits per heavy atom. The average molecular weight is 378 g/mol. The van der Waals surface area contributed by atoms with Gasteiger partial charge in [-0.05, 0) is 38.8 Å². The van der Waals surface area contributed by atoms with E-state index >= 15 is 0 Å². The van der Waals surface area contributed by atoms with Crippen molar-refractivity contribution in [2.45, 2.75) is 6.92 Å². The lowest BCUT2D eigenvalue weighted by atomic mass is 10.4. The largest absolute Gasteiger partial charge is 0.303 e. The Hall–Kier alpha value is -0.860. The van der Waals surface area contributed by atoms with Gasteiger partial charge in [-0.1, -0.05) is 0 Å². The second-order valence-electron chi connectivity index (χ2n) is 3.04. The first-order valence-electron chi connectivity index (χ1n) is 4.48. The Kier molecular flexibility index (Phi) is 3.85. The van der Waals surface area contributed by atoms with Crippen molar-refractivity contribution in [1.29, 1.82) is 0 Å². The number of nitrogens with zero attached hydrogens (tertiary/aromatic N) is 3. The molecular weight excluding hydrogens is 372 g/mol. The van der Waals surface area contributed by atoms with Gasteiger partial charge in [0.2, 0.25) is 0 Å². The summed E-state index contributed by atoms with van der Waals surface area (Å²) in [7, 11) is 0. The summed E-state index contributed by atoms with van der Waals surface area (Å²) < 4.78 is 1.05. The number of halogens is 2. The monoisotopic (exact) mass is 376 g/mol. The van der Waals surface area contributed by atoms with E-state index in [0.717, 1.165) is 5.01 Å². The van der Waals surface area contributed by atoms with Crippen LogP contribution in [0, 0.1) is 6.92 Å². The number of carbonyl (C=O) groups excluding carboxylic acids is 1. The van der Waals surface area contributed by atoms with Gasteiger partial charge < -0.3 is 5.32 Å². The Labute approximate surface area is 118 Å². The summed E-state index contributed by atoms with van der Waals surface area (Å²) in [5, 5.41) is 5.17. The number of anilines is 1.